The minimum atomic E-state index is -1.04. The van der Waals surface area contributed by atoms with Crippen LogP contribution in [0.2, 0.25) is 0 Å². The maximum absolute atomic E-state index is 13.1. The van der Waals surface area contributed by atoms with Crippen molar-refractivity contribution in [3.05, 3.63) is 60.0 Å². The van der Waals surface area contributed by atoms with Crippen LogP contribution in [0.3, 0.4) is 0 Å². The Labute approximate surface area is 191 Å². The summed E-state index contributed by atoms with van der Waals surface area (Å²) in [6.45, 7) is 7.01. The summed E-state index contributed by atoms with van der Waals surface area (Å²) in [7, 11) is 1.82. The van der Waals surface area contributed by atoms with Crippen LogP contribution in [0.15, 0.2) is 48.9 Å². The van der Waals surface area contributed by atoms with Crippen molar-refractivity contribution in [2.24, 2.45) is 7.05 Å². The van der Waals surface area contributed by atoms with Crippen molar-refractivity contribution in [3.8, 4) is 11.3 Å². The third-order valence-electron chi connectivity index (χ3n) is 5.25. The summed E-state index contributed by atoms with van der Waals surface area (Å²) in [5.41, 5.74) is 1.85. The van der Waals surface area contributed by atoms with E-state index in [4.69, 9.17) is 0 Å². The molecule has 1 amide bonds. The largest absolute Gasteiger partial charge is 0.389 e. The number of imidazole rings is 1. The van der Waals surface area contributed by atoms with Gasteiger partial charge in [0, 0.05) is 30.6 Å². The van der Waals surface area contributed by atoms with Crippen molar-refractivity contribution in [2.75, 3.05) is 5.32 Å². The highest BCUT2D eigenvalue weighted by molar-refractivity contribution is 6.04. The summed E-state index contributed by atoms with van der Waals surface area (Å²) in [5.74, 6) is -0.0395. The molecule has 172 valence electrons. The number of carbonyl (C=O) groups is 1. The van der Waals surface area contributed by atoms with Crippen LogP contribution in [-0.4, -0.2) is 46.0 Å². The smallest absolute Gasteiger partial charge is 0.258 e. The first-order valence-electron chi connectivity index (χ1n) is 10.6. The quantitative estimate of drug-likeness (QED) is 0.417. The Bertz CT molecular complexity index is 1320. The number of carbonyl (C=O) groups excluding carboxylic acids is 1. The Morgan fingerprint density at radius 2 is 1.88 bits per heavy atom. The van der Waals surface area contributed by atoms with Crippen LogP contribution in [-0.2, 0) is 19.2 Å². The maximum atomic E-state index is 13.1. The number of rotatable bonds is 6. The molecule has 3 aromatic heterocycles. The highest BCUT2D eigenvalue weighted by atomic mass is 16.3. The lowest BCUT2D eigenvalue weighted by atomic mass is 9.98. The fraction of sp³-hybridized carbons (Fsp3) is 0.333. The number of benzene rings is 1. The average molecular weight is 449 g/mol. The number of aryl methyl sites for hydroxylation is 1. The van der Waals surface area contributed by atoms with Crippen LogP contribution in [0.25, 0.3) is 22.3 Å². The Balaban J connectivity index is 1.71. The van der Waals surface area contributed by atoms with Gasteiger partial charge in [0.15, 0.2) is 0 Å². The van der Waals surface area contributed by atoms with E-state index in [9.17, 15) is 15.0 Å². The molecule has 0 radical (unpaired) electrons. The van der Waals surface area contributed by atoms with Gasteiger partial charge in [0.05, 0.1) is 40.7 Å². The molecule has 0 aliphatic heterocycles. The molecule has 0 fully saturated rings. The van der Waals surface area contributed by atoms with Crippen LogP contribution in [0.5, 0.6) is 0 Å². The SMILES string of the molecule is Cn1cc(-c2cc(C(=O)Nc3nc4cc(C(C)(C)O)ccc4n3CC(C)(C)O)ccn2)cn1. The van der Waals surface area contributed by atoms with Gasteiger partial charge in [-0.15, -0.1) is 0 Å². The number of nitrogens with zero attached hydrogens (tertiary/aromatic N) is 5. The number of amides is 1. The molecule has 0 aliphatic rings. The lowest BCUT2D eigenvalue weighted by molar-refractivity contribution is 0.0630. The van der Waals surface area contributed by atoms with Gasteiger partial charge >= 0.3 is 0 Å². The molecule has 3 N–H and O–H groups in total. The van der Waals surface area contributed by atoms with Gasteiger partial charge in [-0.1, -0.05) is 6.07 Å². The molecule has 4 rings (SSSR count). The summed E-state index contributed by atoms with van der Waals surface area (Å²) in [6, 6.07) is 8.77. The van der Waals surface area contributed by atoms with Crippen molar-refractivity contribution < 1.29 is 15.0 Å². The van der Waals surface area contributed by atoms with Gasteiger partial charge in [-0.25, -0.2) is 4.98 Å². The van der Waals surface area contributed by atoms with Gasteiger partial charge in [-0.2, -0.15) is 5.10 Å². The van der Waals surface area contributed by atoms with E-state index in [-0.39, 0.29) is 12.5 Å². The molecule has 0 saturated carbocycles. The number of nitrogens with one attached hydrogen (secondary N) is 1. The zero-order valence-electron chi connectivity index (χ0n) is 19.4. The number of anilines is 1. The van der Waals surface area contributed by atoms with E-state index in [0.717, 1.165) is 11.1 Å². The van der Waals surface area contributed by atoms with E-state index in [0.29, 0.717) is 28.3 Å². The third-order valence-corrected chi connectivity index (χ3v) is 5.25. The first kappa shape index (κ1) is 22.6. The second kappa shape index (κ2) is 8.09. The molecule has 9 nitrogen and oxygen atoms in total. The van der Waals surface area contributed by atoms with Gasteiger partial charge in [-0.05, 0) is 57.5 Å². The number of hydrogen-bond acceptors (Lipinski definition) is 6. The number of hydrogen-bond donors (Lipinski definition) is 3. The minimum Gasteiger partial charge on any atom is -0.389 e. The molecule has 0 bridgehead atoms. The highest BCUT2D eigenvalue weighted by Gasteiger charge is 2.23. The van der Waals surface area contributed by atoms with Gasteiger partial charge in [0.1, 0.15) is 0 Å². The maximum Gasteiger partial charge on any atom is 0.258 e. The monoisotopic (exact) mass is 448 g/mol. The van der Waals surface area contributed by atoms with Gasteiger partial charge < -0.3 is 14.8 Å². The van der Waals surface area contributed by atoms with Crippen LogP contribution in [0.4, 0.5) is 5.95 Å². The molecule has 9 heteroatoms. The second-order valence-electron chi connectivity index (χ2n) is 9.38. The van der Waals surface area contributed by atoms with Crippen molar-refractivity contribution in [1.29, 1.82) is 0 Å². The van der Waals surface area contributed by atoms with Gasteiger partial charge in [0.25, 0.3) is 5.91 Å². The van der Waals surface area contributed by atoms with Crippen molar-refractivity contribution in [1.82, 2.24) is 24.3 Å². The molecular weight excluding hydrogens is 420 g/mol. The molecule has 0 aliphatic carbocycles. The van der Waals surface area contributed by atoms with E-state index < -0.39 is 11.2 Å². The highest BCUT2D eigenvalue weighted by Crippen LogP contribution is 2.28. The predicted octanol–water partition coefficient (Wildman–Crippen LogP) is 3.08. The zero-order valence-corrected chi connectivity index (χ0v) is 19.4. The van der Waals surface area contributed by atoms with Gasteiger partial charge in [0.2, 0.25) is 5.95 Å². The number of fused-ring (bicyclic) bond motifs is 1. The molecule has 0 unspecified atom stereocenters. The lowest BCUT2D eigenvalue weighted by Gasteiger charge is -2.21. The van der Waals surface area contributed by atoms with Crippen LogP contribution < -0.4 is 5.32 Å². The summed E-state index contributed by atoms with van der Waals surface area (Å²) in [4.78, 5) is 22.0. The molecule has 0 saturated heterocycles. The number of aromatic nitrogens is 5. The molecule has 1 aromatic carbocycles. The predicted molar refractivity (Wildman–Crippen MR) is 126 cm³/mol. The van der Waals surface area contributed by atoms with E-state index in [1.165, 1.54) is 0 Å². The average Bonchev–Trinajstić information content (AvgIpc) is 3.30. The second-order valence-corrected chi connectivity index (χ2v) is 9.38. The minimum absolute atomic E-state index is 0.220. The Morgan fingerprint density at radius 1 is 1.12 bits per heavy atom. The summed E-state index contributed by atoms with van der Waals surface area (Å²) in [5, 5.41) is 27.8. The van der Waals surface area contributed by atoms with Crippen molar-refractivity contribution in [3.63, 3.8) is 0 Å². The van der Waals surface area contributed by atoms with Crippen molar-refractivity contribution in [2.45, 2.75) is 45.4 Å². The topological polar surface area (TPSA) is 118 Å². The molecule has 3 heterocycles. The zero-order chi connectivity index (χ0) is 24.0. The molecule has 33 heavy (non-hydrogen) atoms. The van der Waals surface area contributed by atoms with Crippen LogP contribution in [0.1, 0.15) is 43.6 Å². The van der Waals surface area contributed by atoms with E-state index >= 15 is 0 Å². The number of aliphatic hydroxyl groups is 2. The summed E-state index contributed by atoms with van der Waals surface area (Å²) in [6.07, 6.45) is 5.09. The van der Waals surface area contributed by atoms with E-state index in [1.54, 1.807) is 67.5 Å². The number of pyridine rings is 1. The summed E-state index contributed by atoms with van der Waals surface area (Å²) < 4.78 is 3.44. The molecular formula is C24H28N6O3. The van der Waals surface area contributed by atoms with E-state index in [2.05, 4.69) is 20.4 Å². The standard InChI is InChI=1S/C24H28N6O3/c1-23(2,32)14-30-20-7-6-17(24(3,4)33)11-19(20)27-22(30)28-21(31)15-8-9-25-18(10-15)16-12-26-29(5)13-16/h6-13,32-33H,14H2,1-5H3,(H,27,28,31). The first-order valence-corrected chi connectivity index (χ1v) is 10.6. The lowest BCUT2D eigenvalue weighted by Crippen LogP contribution is -2.27. The Kier molecular flexibility index (Phi) is 5.55. The molecule has 4 aromatic rings. The first-order chi connectivity index (χ1) is 15.4. The Morgan fingerprint density at radius 3 is 2.52 bits per heavy atom. The fourth-order valence-corrected chi connectivity index (χ4v) is 3.61. The molecule has 0 spiro atoms. The van der Waals surface area contributed by atoms with Crippen LogP contribution in [0, 0.1) is 0 Å². The fourth-order valence-electron chi connectivity index (χ4n) is 3.61. The normalized spacial score (nSPS) is 12.3. The van der Waals surface area contributed by atoms with Gasteiger partial charge in [-0.3, -0.25) is 19.8 Å². The van der Waals surface area contributed by atoms with Crippen molar-refractivity contribution >= 4 is 22.9 Å². The third kappa shape index (κ3) is 4.94. The van der Waals surface area contributed by atoms with Crippen LogP contribution >= 0.6 is 0 Å². The summed E-state index contributed by atoms with van der Waals surface area (Å²) >= 11 is 0. The Hall–Kier alpha value is -3.56. The van der Waals surface area contributed by atoms with E-state index in [1.807, 2.05) is 25.4 Å². The molecule has 0 atom stereocenters.